The zero-order valence-electron chi connectivity index (χ0n) is 12.8. The summed E-state index contributed by atoms with van der Waals surface area (Å²) in [7, 11) is 1.61. The van der Waals surface area contributed by atoms with Crippen LogP contribution in [0.25, 0.3) is 11.5 Å². The lowest BCUT2D eigenvalue weighted by Crippen LogP contribution is -1.95. The molecule has 24 heavy (non-hydrogen) atoms. The van der Waals surface area contributed by atoms with Gasteiger partial charge in [0.25, 0.3) is 5.22 Å². The average molecular weight is 342 g/mol. The molecule has 3 rings (SSSR count). The van der Waals surface area contributed by atoms with Gasteiger partial charge in [-0.25, -0.2) is 4.79 Å². The largest absolute Gasteiger partial charge is 0.497 e. The Morgan fingerprint density at radius 2 is 1.83 bits per heavy atom. The first-order valence-electron chi connectivity index (χ1n) is 7.08. The molecular weight excluding hydrogens is 328 g/mol. The van der Waals surface area contributed by atoms with Gasteiger partial charge in [0.2, 0.25) is 5.89 Å². The molecule has 0 saturated carbocycles. The van der Waals surface area contributed by atoms with Crippen molar-refractivity contribution in [1.29, 1.82) is 0 Å². The number of ether oxygens (including phenoxy) is 1. The van der Waals surface area contributed by atoms with Gasteiger partial charge < -0.3 is 14.3 Å². The fraction of sp³-hybridized carbons (Fsp3) is 0.118. The maximum Gasteiger partial charge on any atom is 0.335 e. The van der Waals surface area contributed by atoms with Crippen LogP contribution in [-0.4, -0.2) is 28.4 Å². The molecule has 0 spiro atoms. The van der Waals surface area contributed by atoms with Gasteiger partial charge in [-0.3, -0.25) is 0 Å². The number of rotatable bonds is 6. The Balaban J connectivity index is 1.64. The Hall–Kier alpha value is -2.80. The Kier molecular flexibility index (Phi) is 4.81. The molecule has 1 heterocycles. The van der Waals surface area contributed by atoms with E-state index in [0.717, 1.165) is 16.9 Å². The number of methoxy groups -OCH3 is 1. The number of carboxylic acid groups (broad SMARTS) is 1. The molecule has 7 heteroatoms. The molecule has 0 aliphatic carbocycles. The van der Waals surface area contributed by atoms with Crippen LogP contribution >= 0.6 is 11.8 Å². The van der Waals surface area contributed by atoms with Crippen LogP contribution in [0, 0.1) is 0 Å². The molecule has 1 aromatic heterocycles. The standard InChI is InChI=1S/C17H14N2O4S/c1-22-14-8-6-12(7-9-14)15-18-19-17(23-15)24-10-11-2-4-13(5-3-11)16(20)21/h2-9H,10H2,1H3,(H,20,21). The van der Waals surface area contributed by atoms with Crippen LogP contribution < -0.4 is 4.74 Å². The molecule has 2 aromatic carbocycles. The maximum atomic E-state index is 10.8. The molecule has 0 aliphatic heterocycles. The van der Waals surface area contributed by atoms with Crippen molar-refractivity contribution < 1.29 is 19.1 Å². The second-order valence-corrected chi connectivity index (χ2v) is 5.82. The molecule has 0 radical (unpaired) electrons. The van der Waals surface area contributed by atoms with E-state index < -0.39 is 5.97 Å². The second-order valence-electron chi connectivity index (χ2n) is 4.89. The van der Waals surface area contributed by atoms with E-state index >= 15 is 0 Å². The SMILES string of the molecule is COc1ccc(-c2nnc(SCc3ccc(C(=O)O)cc3)o2)cc1. The fourth-order valence-electron chi connectivity index (χ4n) is 2.01. The predicted molar refractivity (Wildman–Crippen MR) is 89.2 cm³/mol. The third-order valence-corrected chi connectivity index (χ3v) is 4.20. The minimum Gasteiger partial charge on any atom is -0.497 e. The van der Waals surface area contributed by atoms with Crippen molar-refractivity contribution in [3.8, 4) is 17.2 Å². The van der Waals surface area contributed by atoms with Gasteiger partial charge in [-0.1, -0.05) is 23.9 Å². The molecule has 0 bridgehead atoms. The van der Waals surface area contributed by atoms with Crippen molar-refractivity contribution in [3.05, 3.63) is 59.7 Å². The molecular formula is C17H14N2O4S. The smallest absolute Gasteiger partial charge is 0.335 e. The fourth-order valence-corrected chi connectivity index (χ4v) is 2.73. The number of carbonyl (C=O) groups is 1. The van der Waals surface area contributed by atoms with Gasteiger partial charge in [0, 0.05) is 11.3 Å². The molecule has 0 unspecified atom stereocenters. The predicted octanol–water partition coefficient (Wildman–Crippen LogP) is 3.74. The summed E-state index contributed by atoms with van der Waals surface area (Å²) in [4.78, 5) is 10.8. The Morgan fingerprint density at radius 3 is 2.46 bits per heavy atom. The van der Waals surface area contributed by atoms with E-state index in [4.69, 9.17) is 14.3 Å². The van der Waals surface area contributed by atoms with Crippen molar-refractivity contribution in [3.63, 3.8) is 0 Å². The first kappa shape index (κ1) is 16.1. The Labute approximate surface area is 142 Å². The van der Waals surface area contributed by atoms with E-state index in [1.54, 1.807) is 31.4 Å². The van der Waals surface area contributed by atoms with Gasteiger partial charge >= 0.3 is 5.97 Å². The van der Waals surface area contributed by atoms with Gasteiger partial charge in [-0.05, 0) is 42.0 Å². The number of benzene rings is 2. The minimum atomic E-state index is -0.935. The van der Waals surface area contributed by atoms with Crippen LogP contribution in [0.15, 0.2) is 58.2 Å². The lowest BCUT2D eigenvalue weighted by Gasteiger charge is -2.00. The first-order chi connectivity index (χ1) is 11.7. The molecule has 6 nitrogen and oxygen atoms in total. The molecule has 1 N–H and O–H groups in total. The number of thioether (sulfide) groups is 1. The van der Waals surface area contributed by atoms with Crippen molar-refractivity contribution in [1.82, 2.24) is 10.2 Å². The van der Waals surface area contributed by atoms with E-state index in [1.165, 1.54) is 11.8 Å². The molecule has 0 amide bonds. The van der Waals surface area contributed by atoms with Crippen LogP contribution in [0.5, 0.6) is 5.75 Å². The van der Waals surface area contributed by atoms with Crippen molar-refractivity contribution in [2.24, 2.45) is 0 Å². The van der Waals surface area contributed by atoms with E-state index in [-0.39, 0.29) is 5.56 Å². The van der Waals surface area contributed by atoms with E-state index in [1.807, 2.05) is 24.3 Å². The lowest BCUT2D eigenvalue weighted by molar-refractivity contribution is 0.0697. The highest BCUT2D eigenvalue weighted by Crippen LogP contribution is 2.26. The molecule has 0 aliphatic rings. The summed E-state index contributed by atoms with van der Waals surface area (Å²) in [5.41, 5.74) is 2.07. The van der Waals surface area contributed by atoms with Gasteiger partial charge in [0.05, 0.1) is 12.7 Å². The highest BCUT2D eigenvalue weighted by molar-refractivity contribution is 7.98. The van der Waals surface area contributed by atoms with E-state index in [9.17, 15) is 4.79 Å². The quantitative estimate of drug-likeness (QED) is 0.683. The van der Waals surface area contributed by atoms with Crippen LogP contribution in [-0.2, 0) is 5.75 Å². The lowest BCUT2D eigenvalue weighted by atomic mass is 10.1. The molecule has 0 saturated heterocycles. The first-order valence-corrected chi connectivity index (χ1v) is 8.07. The summed E-state index contributed by atoms with van der Waals surface area (Å²) in [5.74, 6) is 0.888. The zero-order valence-corrected chi connectivity index (χ0v) is 13.6. The highest BCUT2D eigenvalue weighted by atomic mass is 32.2. The van der Waals surface area contributed by atoms with Crippen LogP contribution in [0.2, 0.25) is 0 Å². The third kappa shape index (κ3) is 3.75. The molecule has 122 valence electrons. The number of hydrogen-bond acceptors (Lipinski definition) is 6. The van der Waals surface area contributed by atoms with Crippen molar-refractivity contribution >= 4 is 17.7 Å². The number of carboxylic acids is 1. The van der Waals surface area contributed by atoms with Gasteiger partial charge in [0.15, 0.2) is 0 Å². The normalized spacial score (nSPS) is 10.5. The zero-order chi connectivity index (χ0) is 16.9. The summed E-state index contributed by atoms with van der Waals surface area (Å²) in [6.45, 7) is 0. The summed E-state index contributed by atoms with van der Waals surface area (Å²) >= 11 is 1.40. The van der Waals surface area contributed by atoms with E-state index in [2.05, 4.69) is 10.2 Å². The average Bonchev–Trinajstić information content (AvgIpc) is 3.09. The number of aromatic nitrogens is 2. The summed E-state index contributed by atoms with van der Waals surface area (Å²) in [6, 6.07) is 14.1. The topological polar surface area (TPSA) is 85.5 Å². The second kappa shape index (κ2) is 7.18. The minimum absolute atomic E-state index is 0.267. The van der Waals surface area contributed by atoms with Crippen molar-refractivity contribution in [2.45, 2.75) is 11.0 Å². The summed E-state index contributed by atoms with van der Waals surface area (Å²) in [5, 5.41) is 17.4. The van der Waals surface area contributed by atoms with Crippen LogP contribution in [0.3, 0.4) is 0 Å². The van der Waals surface area contributed by atoms with Crippen LogP contribution in [0.1, 0.15) is 15.9 Å². The summed E-state index contributed by atoms with van der Waals surface area (Å²) < 4.78 is 10.7. The van der Waals surface area contributed by atoms with Gasteiger partial charge in [0.1, 0.15) is 5.75 Å². The number of aromatic carboxylic acids is 1. The number of nitrogens with zero attached hydrogens (tertiary/aromatic N) is 2. The van der Waals surface area contributed by atoms with E-state index in [0.29, 0.717) is 16.9 Å². The number of hydrogen-bond donors (Lipinski definition) is 1. The van der Waals surface area contributed by atoms with Crippen LogP contribution in [0.4, 0.5) is 0 Å². The third-order valence-electron chi connectivity index (χ3n) is 3.31. The Bertz CT molecular complexity index is 829. The highest BCUT2D eigenvalue weighted by Gasteiger charge is 2.10. The maximum absolute atomic E-state index is 10.8. The monoisotopic (exact) mass is 342 g/mol. The molecule has 0 atom stereocenters. The molecule has 3 aromatic rings. The Morgan fingerprint density at radius 1 is 1.12 bits per heavy atom. The summed E-state index contributed by atoms with van der Waals surface area (Å²) in [6.07, 6.45) is 0. The van der Waals surface area contributed by atoms with Crippen molar-refractivity contribution in [2.75, 3.05) is 7.11 Å². The molecule has 0 fully saturated rings. The van der Waals surface area contributed by atoms with Gasteiger partial charge in [-0.15, -0.1) is 10.2 Å². The van der Waals surface area contributed by atoms with Gasteiger partial charge in [-0.2, -0.15) is 0 Å².